The molecular weight excluding hydrogens is 240 g/mol. The third kappa shape index (κ3) is 2.73. The van der Waals surface area contributed by atoms with Crippen LogP contribution in [0.1, 0.15) is 21.5 Å². The van der Waals surface area contributed by atoms with Crippen LogP contribution >= 0.6 is 0 Å². The Kier molecular flexibility index (Phi) is 3.51. The van der Waals surface area contributed by atoms with Crippen LogP contribution in [0.25, 0.3) is 0 Å². The summed E-state index contributed by atoms with van der Waals surface area (Å²) in [7, 11) is 1.62. The number of pyridine rings is 1. The Morgan fingerprint density at radius 2 is 1.89 bits per heavy atom. The molecule has 1 aromatic heterocycles. The van der Waals surface area contributed by atoms with Crippen molar-refractivity contribution >= 4 is 11.6 Å². The third-order valence-electron chi connectivity index (χ3n) is 3.13. The lowest BCUT2D eigenvalue weighted by Crippen LogP contribution is -2.27. The Morgan fingerprint density at radius 1 is 1.16 bits per heavy atom. The predicted octanol–water partition coefficient (Wildman–Crippen LogP) is 2.25. The molecule has 1 N–H and O–H groups in total. The molecule has 98 valence electrons. The minimum atomic E-state index is -0.385. The molecular formula is C15H16N2O2. The lowest BCUT2D eigenvalue weighted by Gasteiger charge is -2.08. The molecule has 0 unspecified atom stereocenters. The zero-order valence-electron chi connectivity index (χ0n) is 11.2. The lowest BCUT2D eigenvalue weighted by molar-refractivity contribution is 0.102. The van der Waals surface area contributed by atoms with Gasteiger partial charge in [0.2, 0.25) is 0 Å². The van der Waals surface area contributed by atoms with Crippen LogP contribution in [0.2, 0.25) is 0 Å². The van der Waals surface area contributed by atoms with E-state index in [9.17, 15) is 9.59 Å². The van der Waals surface area contributed by atoms with E-state index in [0.29, 0.717) is 5.69 Å². The molecule has 0 saturated heterocycles. The van der Waals surface area contributed by atoms with Gasteiger partial charge in [-0.15, -0.1) is 0 Å². The SMILES string of the molecule is Cc1ccc(NC(=O)c2cccn(C)c2=O)cc1C. The first kappa shape index (κ1) is 13.1. The van der Waals surface area contributed by atoms with E-state index < -0.39 is 0 Å². The quantitative estimate of drug-likeness (QED) is 0.896. The van der Waals surface area contributed by atoms with Gasteiger partial charge in [0.25, 0.3) is 11.5 Å². The molecule has 0 aliphatic heterocycles. The van der Waals surface area contributed by atoms with Crippen molar-refractivity contribution in [3.63, 3.8) is 0 Å². The van der Waals surface area contributed by atoms with Gasteiger partial charge in [-0.25, -0.2) is 0 Å². The van der Waals surface area contributed by atoms with Crippen LogP contribution in [0.5, 0.6) is 0 Å². The zero-order chi connectivity index (χ0) is 14.0. The normalized spacial score (nSPS) is 10.3. The zero-order valence-corrected chi connectivity index (χ0v) is 11.2. The Labute approximate surface area is 111 Å². The van der Waals surface area contributed by atoms with Gasteiger partial charge in [0.05, 0.1) is 0 Å². The highest BCUT2D eigenvalue weighted by molar-refractivity contribution is 6.04. The number of benzene rings is 1. The molecule has 0 fully saturated rings. The van der Waals surface area contributed by atoms with Crippen LogP contribution in [-0.4, -0.2) is 10.5 Å². The van der Waals surface area contributed by atoms with Crippen molar-refractivity contribution in [1.82, 2.24) is 4.57 Å². The molecule has 0 aliphatic carbocycles. The van der Waals surface area contributed by atoms with E-state index in [1.54, 1.807) is 19.3 Å². The summed E-state index contributed by atoms with van der Waals surface area (Å²) in [6.45, 7) is 3.99. The van der Waals surface area contributed by atoms with E-state index in [2.05, 4.69) is 5.32 Å². The first-order chi connectivity index (χ1) is 8.99. The first-order valence-corrected chi connectivity index (χ1v) is 6.03. The highest BCUT2D eigenvalue weighted by atomic mass is 16.2. The number of nitrogens with one attached hydrogen (secondary N) is 1. The van der Waals surface area contributed by atoms with Crippen LogP contribution in [0, 0.1) is 13.8 Å². The number of hydrogen-bond acceptors (Lipinski definition) is 2. The summed E-state index contributed by atoms with van der Waals surface area (Å²) in [5, 5.41) is 2.74. The number of aromatic nitrogens is 1. The van der Waals surface area contributed by atoms with Gasteiger partial charge in [-0.1, -0.05) is 6.07 Å². The molecule has 4 heteroatoms. The van der Waals surface area contributed by atoms with Crippen molar-refractivity contribution in [2.24, 2.45) is 7.05 Å². The fraction of sp³-hybridized carbons (Fsp3) is 0.200. The van der Waals surface area contributed by atoms with E-state index >= 15 is 0 Å². The van der Waals surface area contributed by atoms with Crippen LogP contribution in [0.3, 0.4) is 0 Å². The molecule has 4 nitrogen and oxygen atoms in total. The third-order valence-corrected chi connectivity index (χ3v) is 3.13. The number of aryl methyl sites for hydroxylation is 3. The standard InChI is InChI=1S/C15H16N2O2/c1-10-6-7-12(9-11(10)2)16-14(18)13-5-4-8-17(3)15(13)19/h4-9H,1-3H3,(H,16,18). The van der Waals surface area contributed by atoms with Crippen molar-refractivity contribution in [3.8, 4) is 0 Å². The summed E-state index contributed by atoms with van der Waals surface area (Å²) in [4.78, 5) is 23.9. The van der Waals surface area contributed by atoms with Gasteiger partial charge >= 0.3 is 0 Å². The monoisotopic (exact) mass is 256 g/mol. The molecule has 0 spiro atoms. The second-order valence-electron chi connectivity index (χ2n) is 4.59. The van der Waals surface area contributed by atoms with E-state index in [0.717, 1.165) is 11.1 Å². The van der Waals surface area contributed by atoms with Crippen LogP contribution in [0.4, 0.5) is 5.69 Å². The fourth-order valence-electron chi connectivity index (χ4n) is 1.79. The number of amides is 1. The smallest absolute Gasteiger partial charge is 0.263 e. The lowest BCUT2D eigenvalue weighted by atomic mass is 10.1. The molecule has 0 atom stereocenters. The van der Waals surface area contributed by atoms with Gasteiger partial charge in [-0.05, 0) is 49.2 Å². The number of nitrogens with zero attached hydrogens (tertiary/aromatic N) is 1. The topological polar surface area (TPSA) is 51.1 Å². The summed E-state index contributed by atoms with van der Waals surface area (Å²) < 4.78 is 1.38. The molecule has 2 rings (SSSR count). The summed E-state index contributed by atoms with van der Waals surface area (Å²) in [5.74, 6) is -0.385. The Bertz CT molecular complexity index is 687. The largest absolute Gasteiger partial charge is 0.322 e. The maximum atomic E-state index is 12.1. The number of anilines is 1. The summed E-state index contributed by atoms with van der Waals surface area (Å²) >= 11 is 0. The van der Waals surface area contributed by atoms with E-state index in [4.69, 9.17) is 0 Å². The fourth-order valence-corrected chi connectivity index (χ4v) is 1.79. The van der Waals surface area contributed by atoms with Crippen molar-refractivity contribution < 1.29 is 4.79 Å². The summed E-state index contributed by atoms with van der Waals surface area (Å²) in [5.41, 5.74) is 2.79. The number of carbonyl (C=O) groups is 1. The van der Waals surface area contributed by atoms with Gasteiger partial charge in [0, 0.05) is 18.9 Å². The van der Waals surface area contributed by atoms with Crippen molar-refractivity contribution in [2.45, 2.75) is 13.8 Å². The molecule has 19 heavy (non-hydrogen) atoms. The van der Waals surface area contributed by atoms with Crippen molar-refractivity contribution in [2.75, 3.05) is 5.32 Å². The minimum absolute atomic E-state index is 0.142. The molecule has 1 aromatic carbocycles. The highest BCUT2D eigenvalue weighted by Gasteiger charge is 2.11. The molecule has 1 amide bonds. The van der Waals surface area contributed by atoms with E-state index in [1.807, 2.05) is 32.0 Å². The van der Waals surface area contributed by atoms with Crippen LogP contribution in [0.15, 0.2) is 41.3 Å². The van der Waals surface area contributed by atoms with Gasteiger partial charge in [0.15, 0.2) is 0 Å². The van der Waals surface area contributed by atoms with Gasteiger partial charge in [-0.2, -0.15) is 0 Å². The second kappa shape index (κ2) is 5.10. The van der Waals surface area contributed by atoms with Crippen LogP contribution < -0.4 is 10.9 Å². The predicted molar refractivity (Wildman–Crippen MR) is 75.6 cm³/mol. The molecule has 0 aliphatic rings. The average molecular weight is 256 g/mol. The maximum absolute atomic E-state index is 12.1. The first-order valence-electron chi connectivity index (χ1n) is 6.03. The van der Waals surface area contributed by atoms with Crippen molar-refractivity contribution in [1.29, 1.82) is 0 Å². The van der Waals surface area contributed by atoms with Gasteiger partial charge in [0.1, 0.15) is 5.56 Å². The van der Waals surface area contributed by atoms with Gasteiger partial charge < -0.3 is 9.88 Å². The number of hydrogen-bond donors (Lipinski definition) is 1. The maximum Gasteiger partial charge on any atom is 0.263 e. The average Bonchev–Trinajstić information content (AvgIpc) is 2.37. The molecule has 0 saturated carbocycles. The summed E-state index contributed by atoms with van der Waals surface area (Å²) in [6.07, 6.45) is 1.62. The second-order valence-corrected chi connectivity index (χ2v) is 4.59. The summed E-state index contributed by atoms with van der Waals surface area (Å²) in [6, 6.07) is 8.86. The number of rotatable bonds is 2. The van der Waals surface area contributed by atoms with E-state index in [-0.39, 0.29) is 17.0 Å². The Hall–Kier alpha value is -2.36. The highest BCUT2D eigenvalue weighted by Crippen LogP contribution is 2.14. The molecule has 1 heterocycles. The molecule has 2 aromatic rings. The van der Waals surface area contributed by atoms with Crippen LogP contribution in [-0.2, 0) is 7.05 Å². The Balaban J connectivity index is 2.28. The van der Waals surface area contributed by atoms with E-state index in [1.165, 1.54) is 10.6 Å². The molecule has 0 bridgehead atoms. The number of carbonyl (C=O) groups excluding carboxylic acids is 1. The Morgan fingerprint density at radius 3 is 2.58 bits per heavy atom. The molecule has 0 radical (unpaired) electrons. The van der Waals surface area contributed by atoms with Crippen molar-refractivity contribution in [3.05, 3.63) is 63.6 Å². The van der Waals surface area contributed by atoms with Gasteiger partial charge in [-0.3, -0.25) is 9.59 Å². The minimum Gasteiger partial charge on any atom is -0.322 e.